The molecule has 0 saturated carbocycles. The zero-order chi connectivity index (χ0) is 16.1. The molecule has 1 aliphatic heterocycles. The van der Waals surface area contributed by atoms with E-state index < -0.39 is 5.54 Å². The van der Waals surface area contributed by atoms with Crippen molar-refractivity contribution < 1.29 is 9.53 Å². The monoisotopic (exact) mass is 311 g/mol. The lowest BCUT2D eigenvalue weighted by atomic mass is 9.90. The highest BCUT2D eigenvalue weighted by Gasteiger charge is 2.35. The molecule has 0 unspecified atom stereocenters. The summed E-state index contributed by atoms with van der Waals surface area (Å²) < 4.78 is 5.27. The molecule has 1 amide bonds. The number of nitrogens with two attached hydrogens (primary N) is 1. The van der Waals surface area contributed by atoms with Crippen molar-refractivity contribution in [3.05, 3.63) is 59.9 Å². The molecule has 1 aliphatic rings. The van der Waals surface area contributed by atoms with Crippen molar-refractivity contribution in [1.29, 1.82) is 0 Å². The molecule has 5 heteroatoms. The number of hydrogen-bond donors (Lipinski definition) is 2. The van der Waals surface area contributed by atoms with Crippen molar-refractivity contribution in [1.82, 2.24) is 4.98 Å². The van der Waals surface area contributed by atoms with Gasteiger partial charge in [-0.3, -0.25) is 9.78 Å². The van der Waals surface area contributed by atoms with E-state index in [0.717, 1.165) is 12.1 Å². The van der Waals surface area contributed by atoms with Gasteiger partial charge >= 0.3 is 0 Å². The summed E-state index contributed by atoms with van der Waals surface area (Å²) in [6.45, 7) is 1.07. The zero-order valence-electron chi connectivity index (χ0n) is 13.0. The van der Waals surface area contributed by atoms with E-state index in [1.807, 2.05) is 36.4 Å². The Morgan fingerprint density at radius 1 is 1.09 bits per heavy atom. The predicted octanol–water partition coefficient (Wildman–Crippen LogP) is 2.12. The number of aromatic nitrogens is 1. The molecule has 1 saturated heterocycles. The molecule has 2 heterocycles. The second kappa shape index (κ2) is 6.89. The second-order valence-corrected chi connectivity index (χ2v) is 5.95. The van der Waals surface area contributed by atoms with Crippen molar-refractivity contribution >= 4 is 11.6 Å². The number of nitrogens with one attached hydrogen (secondary N) is 1. The van der Waals surface area contributed by atoms with Crippen LogP contribution in [0.3, 0.4) is 0 Å². The highest BCUT2D eigenvalue weighted by atomic mass is 16.5. The molecule has 0 radical (unpaired) electrons. The van der Waals surface area contributed by atoms with Crippen molar-refractivity contribution in [3.8, 4) is 0 Å². The minimum absolute atomic E-state index is 0.136. The van der Waals surface area contributed by atoms with Gasteiger partial charge in [0.1, 0.15) is 5.54 Å². The van der Waals surface area contributed by atoms with E-state index in [9.17, 15) is 4.79 Å². The number of pyridine rings is 1. The fourth-order valence-corrected chi connectivity index (χ4v) is 2.66. The summed E-state index contributed by atoms with van der Waals surface area (Å²) in [4.78, 5) is 16.4. The van der Waals surface area contributed by atoms with Crippen LogP contribution in [0.1, 0.15) is 24.0 Å². The number of nitrogens with zero attached hydrogens (tertiary/aromatic N) is 1. The Bertz CT molecular complexity index is 650. The van der Waals surface area contributed by atoms with Crippen LogP contribution >= 0.6 is 0 Å². The number of rotatable bonds is 4. The van der Waals surface area contributed by atoms with E-state index in [4.69, 9.17) is 10.5 Å². The number of benzene rings is 1. The largest absolute Gasteiger partial charge is 0.381 e. The Hall–Kier alpha value is -2.24. The molecule has 3 rings (SSSR count). The van der Waals surface area contributed by atoms with E-state index in [1.165, 1.54) is 11.1 Å². The first-order valence-electron chi connectivity index (χ1n) is 7.82. The van der Waals surface area contributed by atoms with E-state index in [-0.39, 0.29) is 5.91 Å². The fraction of sp³-hybridized carbons (Fsp3) is 0.333. The van der Waals surface area contributed by atoms with Crippen molar-refractivity contribution in [2.45, 2.75) is 24.8 Å². The average molecular weight is 311 g/mol. The molecular weight excluding hydrogens is 290 g/mol. The number of carbonyl (C=O) groups excluding carboxylic acids is 1. The Labute approximate surface area is 135 Å². The van der Waals surface area contributed by atoms with Gasteiger partial charge in [-0.25, -0.2) is 0 Å². The Balaban J connectivity index is 1.62. The van der Waals surface area contributed by atoms with E-state index in [0.29, 0.717) is 26.1 Å². The van der Waals surface area contributed by atoms with Gasteiger partial charge in [0.05, 0.1) is 0 Å². The average Bonchev–Trinajstić information content (AvgIpc) is 2.58. The van der Waals surface area contributed by atoms with E-state index in [2.05, 4.69) is 10.3 Å². The first-order chi connectivity index (χ1) is 11.2. The van der Waals surface area contributed by atoms with Crippen molar-refractivity contribution in [2.24, 2.45) is 5.73 Å². The fourth-order valence-electron chi connectivity index (χ4n) is 2.66. The maximum atomic E-state index is 12.4. The highest BCUT2D eigenvalue weighted by Crippen LogP contribution is 2.21. The van der Waals surface area contributed by atoms with Crippen LogP contribution in [0, 0.1) is 0 Å². The molecule has 1 aromatic carbocycles. The molecule has 2 aromatic rings. The SMILES string of the molecule is NC1(C(=O)Nc2ccc(Cc3ccncc3)cc2)CCOCC1. The minimum Gasteiger partial charge on any atom is -0.381 e. The number of amides is 1. The van der Waals surface area contributed by atoms with Crippen LogP contribution in [0.5, 0.6) is 0 Å². The summed E-state index contributed by atoms with van der Waals surface area (Å²) in [5, 5.41) is 2.91. The summed E-state index contributed by atoms with van der Waals surface area (Å²) in [7, 11) is 0. The van der Waals surface area contributed by atoms with Gasteiger partial charge in [-0.2, -0.15) is 0 Å². The third kappa shape index (κ3) is 3.94. The van der Waals surface area contributed by atoms with Crippen LogP contribution in [0.15, 0.2) is 48.8 Å². The molecular formula is C18H21N3O2. The van der Waals surface area contributed by atoms with Crippen molar-refractivity contribution in [3.63, 3.8) is 0 Å². The molecule has 1 fully saturated rings. The third-order valence-corrected chi connectivity index (χ3v) is 4.21. The maximum Gasteiger partial charge on any atom is 0.244 e. The Kier molecular flexibility index (Phi) is 4.69. The van der Waals surface area contributed by atoms with Gasteiger partial charge in [0.25, 0.3) is 0 Å². The van der Waals surface area contributed by atoms with Gasteiger partial charge in [-0.05, 0) is 54.7 Å². The number of hydrogen-bond acceptors (Lipinski definition) is 4. The summed E-state index contributed by atoms with van der Waals surface area (Å²) >= 11 is 0. The van der Waals surface area contributed by atoms with Crippen molar-refractivity contribution in [2.75, 3.05) is 18.5 Å². The van der Waals surface area contributed by atoms with Gasteiger partial charge in [-0.15, -0.1) is 0 Å². The standard InChI is InChI=1S/C18H21N3O2/c19-18(7-11-23-12-8-18)17(22)21-16-3-1-14(2-4-16)13-15-5-9-20-10-6-15/h1-6,9-10H,7-8,11-13,19H2,(H,21,22). The molecule has 3 N–H and O–H groups in total. The Morgan fingerprint density at radius 2 is 1.70 bits per heavy atom. The number of ether oxygens (including phenoxy) is 1. The number of anilines is 1. The molecule has 0 spiro atoms. The highest BCUT2D eigenvalue weighted by molar-refractivity contribution is 5.98. The zero-order valence-corrected chi connectivity index (χ0v) is 13.0. The lowest BCUT2D eigenvalue weighted by Crippen LogP contribution is -2.54. The van der Waals surface area contributed by atoms with Crippen LogP contribution in [-0.2, 0) is 16.0 Å². The number of carbonyl (C=O) groups is 1. The quantitative estimate of drug-likeness (QED) is 0.906. The lowest BCUT2D eigenvalue weighted by molar-refractivity contribution is -0.124. The summed E-state index contributed by atoms with van der Waals surface area (Å²) in [6, 6.07) is 11.9. The summed E-state index contributed by atoms with van der Waals surface area (Å²) in [5.74, 6) is -0.136. The molecule has 120 valence electrons. The lowest BCUT2D eigenvalue weighted by Gasteiger charge is -2.31. The minimum atomic E-state index is -0.825. The topological polar surface area (TPSA) is 77.2 Å². The van der Waals surface area contributed by atoms with Gasteiger partial charge in [0.2, 0.25) is 5.91 Å². The van der Waals surface area contributed by atoms with Gasteiger partial charge in [-0.1, -0.05) is 12.1 Å². The molecule has 0 aliphatic carbocycles. The first kappa shape index (κ1) is 15.6. The van der Waals surface area contributed by atoms with Gasteiger partial charge < -0.3 is 15.8 Å². The van der Waals surface area contributed by atoms with Crippen LogP contribution in [0.4, 0.5) is 5.69 Å². The third-order valence-electron chi connectivity index (χ3n) is 4.21. The van der Waals surface area contributed by atoms with Crippen LogP contribution in [-0.4, -0.2) is 29.6 Å². The molecule has 0 bridgehead atoms. The maximum absolute atomic E-state index is 12.4. The van der Waals surface area contributed by atoms with Crippen LogP contribution < -0.4 is 11.1 Å². The first-order valence-corrected chi connectivity index (χ1v) is 7.82. The molecule has 0 atom stereocenters. The Morgan fingerprint density at radius 3 is 2.35 bits per heavy atom. The smallest absolute Gasteiger partial charge is 0.244 e. The molecule has 5 nitrogen and oxygen atoms in total. The van der Waals surface area contributed by atoms with Crippen LogP contribution in [0.2, 0.25) is 0 Å². The molecule has 23 heavy (non-hydrogen) atoms. The van der Waals surface area contributed by atoms with Gasteiger partial charge in [0.15, 0.2) is 0 Å². The van der Waals surface area contributed by atoms with Crippen LogP contribution in [0.25, 0.3) is 0 Å². The molecule has 1 aromatic heterocycles. The second-order valence-electron chi connectivity index (χ2n) is 5.95. The summed E-state index contributed by atoms with van der Waals surface area (Å²) in [5.41, 5.74) is 8.52. The summed E-state index contributed by atoms with van der Waals surface area (Å²) in [6.07, 6.45) is 5.53. The normalized spacial score (nSPS) is 16.7. The van der Waals surface area contributed by atoms with Gasteiger partial charge in [0, 0.05) is 31.3 Å². The predicted molar refractivity (Wildman–Crippen MR) is 89.1 cm³/mol. The van der Waals surface area contributed by atoms with E-state index in [1.54, 1.807) is 12.4 Å². The van der Waals surface area contributed by atoms with E-state index >= 15 is 0 Å².